The molecule has 0 aromatic rings. The van der Waals surface area contributed by atoms with Gasteiger partial charge in [0, 0.05) is 108 Å². The normalized spacial score (nSPS) is 13.1. The zero-order valence-electron chi connectivity index (χ0n) is 51.4. The molecule has 470 valence electrons. The summed E-state index contributed by atoms with van der Waals surface area (Å²) in [5.74, 6) is -1.36. The second-order valence-electron chi connectivity index (χ2n) is 22.4. The van der Waals surface area contributed by atoms with Crippen LogP contribution in [0.5, 0.6) is 0 Å². The van der Waals surface area contributed by atoms with Crippen LogP contribution in [0.1, 0.15) is 128 Å². The first-order valence-corrected chi connectivity index (χ1v) is 28.9. The summed E-state index contributed by atoms with van der Waals surface area (Å²) >= 11 is 0. The van der Waals surface area contributed by atoms with Gasteiger partial charge < -0.3 is 78.4 Å². The van der Waals surface area contributed by atoms with Crippen molar-refractivity contribution < 1.29 is 80.9 Å². The largest absolute Gasteiger partial charge is 0.379 e. The van der Waals surface area contributed by atoms with Gasteiger partial charge in [-0.05, 0) is 94.9 Å². The van der Waals surface area contributed by atoms with Gasteiger partial charge >= 0.3 is 6.03 Å². The molecule has 0 atom stereocenters. The molecule has 0 unspecified atom stereocenters. The van der Waals surface area contributed by atoms with Gasteiger partial charge in [0.15, 0.2) is 0 Å². The maximum absolute atomic E-state index is 13.2. The van der Waals surface area contributed by atoms with E-state index < -0.39 is 34.1 Å². The van der Waals surface area contributed by atoms with Gasteiger partial charge in [-0.2, -0.15) is 0 Å². The Morgan fingerprint density at radius 3 is 1.22 bits per heavy atom. The van der Waals surface area contributed by atoms with Gasteiger partial charge in [0.1, 0.15) is 0 Å². The Balaban J connectivity index is 2.18. The summed E-state index contributed by atoms with van der Waals surface area (Å²) in [4.78, 5) is 90.2. The van der Waals surface area contributed by atoms with Crippen LogP contribution in [-0.4, -0.2) is 243 Å². The van der Waals surface area contributed by atoms with E-state index in [0.29, 0.717) is 138 Å². The summed E-state index contributed by atoms with van der Waals surface area (Å²) in [5.41, 5.74) is -1.77. The maximum Gasteiger partial charge on any atom is 0.317 e. The molecular weight excluding hydrogens is 1050 g/mol. The van der Waals surface area contributed by atoms with Crippen molar-refractivity contribution in [3.63, 3.8) is 0 Å². The first-order valence-electron chi connectivity index (χ1n) is 28.9. The minimum absolute atomic E-state index is 0.0165. The Morgan fingerprint density at radius 2 is 0.852 bits per heavy atom. The molecule has 0 bridgehead atoms. The van der Waals surface area contributed by atoms with Crippen molar-refractivity contribution in [2.24, 2.45) is 0 Å². The third kappa shape index (κ3) is 39.7. The summed E-state index contributed by atoms with van der Waals surface area (Å²) < 4.78 is 57.1. The van der Waals surface area contributed by atoms with Gasteiger partial charge in [0.25, 0.3) is 11.8 Å². The van der Waals surface area contributed by atoms with Gasteiger partial charge in [0.05, 0.1) is 117 Å². The number of carbonyl (C=O) groups is 7. The van der Waals surface area contributed by atoms with Crippen LogP contribution in [0.25, 0.3) is 0 Å². The Morgan fingerprint density at radius 1 is 0.494 bits per heavy atom. The van der Waals surface area contributed by atoms with Crippen molar-refractivity contribution in [2.45, 2.75) is 156 Å². The van der Waals surface area contributed by atoms with E-state index >= 15 is 0 Å². The van der Waals surface area contributed by atoms with Gasteiger partial charge in [-0.25, -0.2) is 4.79 Å². The molecule has 1 rings (SSSR count). The van der Waals surface area contributed by atoms with Crippen LogP contribution in [0, 0.1) is 0 Å². The molecule has 0 saturated carbocycles. The number of nitrogens with zero attached hydrogens (tertiary/aromatic N) is 3. The smallest absolute Gasteiger partial charge is 0.317 e. The second-order valence-corrected chi connectivity index (χ2v) is 22.4. The number of hydrogen-bond donors (Lipinski definition) is 4. The average molecular weight is 1160 g/mol. The van der Waals surface area contributed by atoms with Crippen LogP contribution in [0.2, 0.25) is 0 Å². The van der Waals surface area contributed by atoms with Crippen LogP contribution in [0.3, 0.4) is 0 Å². The molecule has 0 aliphatic carbocycles. The van der Waals surface area contributed by atoms with Crippen molar-refractivity contribution in [3.8, 4) is 0 Å². The van der Waals surface area contributed by atoms with E-state index in [-0.39, 0.29) is 101 Å². The lowest BCUT2D eigenvalue weighted by atomic mass is 10.00. The molecule has 0 aromatic carbocycles. The summed E-state index contributed by atoms with van der Waals surface area (Å²) in [6, 6.07) is 0.00243. The van der Waals surface area contributed by atoms with Crippen molar-refractivity contribution in [1.82, 2.24) is 36.0 Å². The Bertz CT molecular complexity index is 1820. The summed E-state index contributed by atoms with van der Waals surface area (Å²) in [6.07, 6.45) is 5.79. The highest BCUT2D eigenvalue weighted by atomic mass is 16.6. The molecule has 0 fully saturated rings. The van der Waals surface area contributed by atoms with Crippen LogP contribution >= 0.6 is 0 Å². The van der Waals surface area contributed by atoms with Crippen molar-refractivity contribution in [1.29, 1.82) is 0 Å². The number of nitrogens with one attached hydrogen (secondary N) is 4. The lowest BCUT2D eigenvalue weighted by molar-refractivity contribution is -0.139. The summed E-state index contributed by atoms with van der Waals surface area (Å²) in [6.45, 7) is 28.9. The molecule has 8 amide bonds. The van der Waals surface area contributed by atoms with E-state index in [0.717, 1.165) is 4.90 Å². The highest BCUT2D eigenvalue weighted by Gasteiger charge is 2.27. The minimum Gasteiger partial charge on any atom is -0.379 e. The molecule has 0 radical (unpaired) electrons. The number of ether oxygens (including phenoxy) is 10. The molecule has 0 aromatic heterocycles. The molecule has 24 heteroatoms. The number of urea groups is 1. The first-order chi connectivity index (χ1) is 38.3. The Labute approximate surface area is 483 Å². The fourth-order valence-corrected chi connectivity index (χ4v) is 7.35. The minimum atomic E-state index is -0.473. The summed E-state index contributed by atoms with van der Waals surface area (Å²) in [7, 11) is 1.77. The fourth-order valence-electron chi connectivity index (χ4n) is 7.35. The number of imide groups is 1. The molecule has 81 heavy (non-hydrogen) atoms. The lowest BCUT2D eigenvalue weighted by Crippen LogP contribution is -2.45. The molecule has 1 aliphatic heterocycles. The van der Waals surface area contributed by atoms with E-state index in [1.54, 1.807) is 16.8 Å². The van der Waals surface area contributed by atoms with Crippen LogP contribution in [0.4, 0.5) is 4.79 Å². The van der Waals surface area contributed by atoms with Crippen LogP contribution in [0.15, 0.2) is 12.2 Å². The van der Waals surface area contributed by atoms with E-state index in [4.69, 9.17) is 47.4 Å². The van der Waals surface area contributed by atoms with E-state index in [2.05, 4.69) is 21.3 Å². The van der Waals surface area contributed by atoms with Crippen molar-refractivity contribution in [2.75, 3.05) is 159 Å². The quantitative estimate of drug-likeness (QED) is 0.0501. The molecular formula is C57H105N7O17. The SMILES string of the molecule is CCC(=O)NCCC(C)(C)OCCC(C)(C)NC(=O)CCOCCOCCOCCOCCN(CCOCCOCCOCCOCCC(=O)NC(C)(C)CCOC(C)(C)CCNC(=O)N(C)C(C)C)C(=O)CCN1C(=O)C=CC1=O. The number of carbonyl (C=O) groups excluding carboxylic acids is 7. The van der Waals surface area contributed by atoms with Crippen LogP contribution < -0.4 is 21.3 Å². The Kier molecular flexibility index (Phi) is 39.1. The molecule has 24 nitrogen and oxygen atoms in total. The Hall–Kier alpha value is -4.37. The van der Waals surface area contributed by atoms with Crippen molar-refractivity contribution >= 4 is 41.5 Å². The zero-order chi connectivity index (χ0) is 60.6. The summed E-state index contributed by atoms with van der Waals surface area (Å²) in [5, 5.41) is 11.9. The van der Waals surface area contributed by atoms with Crippen molar-refractivity contribution in [3.05, 3.63) is 12.2 Å². The topological polar surface area (TPSA) is 270 Å². The van der Waals surface area contributed by atoms with E-state index in [9.17, 15) is 33.6 Å². The molecule has 1 aliphatic rings. The van der Waals surface area contributed by atoms with Gasteiger partial charge in [-0.3, -0.25) is 33.7 Å². The van der Waals surface area contributed by atoms with Gasteiger partial charge in [-0.15, -0.1) is 0 Å². The maximum atomic E-state index is 13.2. The standard InChI is InChI=1S/C57H105N7O17/c1-13-47(65)58-23-19-56(8,9)80-30-21-54(4,5)60-48(66)17-28-72-34-38-76-42-44-78-40-36-74-32-26-63(50(68)16-25-64-51(69)14-15-52(64)70)27-33-75-37-41-79-45-43-77-39-35-73-29-18-49(67)61-55(6,7)22-31-81-57(10,11)20-24-59-53(71)62(12)46(2)3/h14-15,46H,13,16-45H2,1-12H3,(H,58,65)(H,59,71)(H,60,66)(H,61,67). The van der Waals surface area contributed by atoms with E-state index in [1.807, 2.05) is 76.2 Å². The second kappa shape index (κ2) is 42.4. The van der Waals surface area contributed by atoms with Crippen LogP contribution in [-0.2, 0) is 76.1 Å². The lowest BCUT2D eigenvalue weighted by Gasteiger charge is -2.30. The molecule has 0 spiro atoms. The number of amides is 8. The number of hydrogen-bond acceptors (Lipinski definition) is 17. The highest BCUT2D eigenvalue weighted by Crippen LogP contribution is 2.19. The number of rotatable bonds is 51. The predicted molar refractivity (Wildman–Crippen MR) is 305 cm³/mol. The fraction of sp³-hybridized carbons (Fsp3) is 0.842. The predicted octanol–water partition coefficient (Wildman–Crippen LogP) is 3.56. The van der Waals surface area contributed by atoms with Gasteiger partial charge in [0.2, 0.25) is 23.6 Å². The first kappa shape index (κ1) is 74.6. The third-order valence-corrected chi connectivity index (χ3v) is 12.9. The third-order valence-electron chi connectivity index (χ3n) is 12.9. The average Bonchev–Trinajstić information content (AvgIpc) is 3.73. The molecule has 4 N–H and O–H groups in total. The van der Waals surface area contributed by atoms with Gasteiger partial charge in [-0.1, -0.05) is 6.92 Å². The monoisotopic (exact) mass is 1160 g/mol. The van der Waals surface area contributed by atoms with E-state index in [1.165, 1.54) is 12.2 Å². The molecule has 0 saturated heterocycles. The zero-order valence-corrected chi connectivity index (χ0v) is 51.4. The highest BCUT2D eigenvalue weighted by molar-refractivity contribution is 6.13. The molecule has 1 heterocycles.